The maximum atomic E-state index is 11.5. The van der Waals surface area contributed by atoms with Crippen LogP contribution >= 0.6 is 0 Å². The molecule has 1 rings (SSSR count). The van der Waals surface area contributed by atoms with E-state index in [1.54, 1.807) is 38.2 Å². The molecule has 0 atom stereocenters. The molecule has 0 N–H and O–H groups in total. The van der Waals surface area contributed by atoms with Gasteiger partial charge in [0.1, 0.15) is 0 Å². The minimum absolute atomic E-state index is 0.0839. The fraction of sp³-hybridized carbons (Fsp3) is 0.429. The summed E-state index contributed by atoms with van der Waals surface area (Å²) in [7, 11) is 1.56. The number of rotatable bonds is 6. The molecule has 6 heteroatoms. The van der Waals surface area contributed by atoms with Gasteiger partial charge in [-0.3, -0.25) is 4.79 Å². The Kier molecular flexibility index (Phi) is 6.36. The minimum atomic E-state index is -0.369. The first-order valence-electron chi connectivity index (χ1n) is 6.53. The predicted octanol–water partition coefficient (Wildman–Crippen LogP) is 3.12. The molecule has 1 amide bonds. The van der Waals surface area contributed by atoms with Crippen molar-refractivity contribution >= 4 is 17.6 Å². The Hall–Kier alpha value is -2.24. The highest BCUT2D eigenvalue weighted by atomic mass is 16.5. The summed E-state index contributed by atoms with van der Waals surface area (Å²) in [6.07, 6.45) is 1.21. The fourth-order valence-electron chi connectivity index (χ4n) is 1.42. The largest absolute Gasteiger partial charge is 0.462 e. The van der Waals surface area contributed by atoms with Gasteiger partial charge in [0.2, 0.25) is 5.91 Å². The number of ether oxygens (including phenoxy) is 1. The number of carbonyl (C=O) groups is 2. The van der Waals surface area contributed by atoms with Crippen LogP contribution in [0, 0.1) is 0 Å². The van der Waals surface area contributed by atoms with E-state index in [0.717, 1.165) is 6.42 Å². The van der Waals surface area contributed by atoms with Gasteiger partial charge in [0.15, 0.2) is 0 Å². The highest BCUT2D eigenvalue weighted by molar-refractivity contribution is 5.89. The lowest BCUT2D eigenvalue weighted by atomic mass is 10.2. The molecule has 0 unspecified atom stereocenters. The monoisotopic (exact) mass is 277 g/mol. The van der Waals surface area contributed by atoms with Crippen LogP contribution in [0.3, 0.4) is 0 Å². The highest BCUT2D eigenvalue weighted by Crippen LogP contribution is 2.14. The first-order valence-corrected chi connectivity index (χ1v) is 6.53. The van der Waals surface area contributed by atoms with Crippen LogP contribution in [0.1, 0.15) is 37.0 Å². The second-order valence-corrected chi connectivity index (χ2v) is 4.12. The van der Waals surface area contributed by atoms with E-state index in [0.29, 0.717) is 24.3 Å². The smallest absolute Gasteiger partial charge is 0.338 e. The molecule has 0 radical (unpaired) electrons. The molecule has 1 aromatic carbocycles. The van der Waals surface area contributed by atoms with Crippen LogP contribution in [0.4, 0.5) is 5.69 Å². The van der Waals surface area contributed by atoms with Gasteiger partial charge in [0.25, 0.3) is 0 Å². The summed E-state index contributed by atoms with van der Waals surface area (Å²) in [4.78, 5) is 22.9. The van der Waals surface area contributed by atoms with Crippen molar-refractivity contribution in [2.45, 2.75) is 26.7 Å². The summed E-state index contributed by atoms with van der Waals surface area (Å²) in [5, 5.41) is 8.96. The standard InChI is InChI=1S/C14H19N3O3/c1-4-6-13(18)17(3)16-15-12-9-7-11(8-10-12)14(19)20-5-2/h7-10H,4-6H2,1-3H3. The van der Waals surface area contributed by atoms with E-state index in [1.807, 2.05) is 6.92 Å². The first-order chi connectivity index (χ1) is 9.58. The van der Waals surface area contributed by atoms with E-state index in [1.165, 1.54) is 5.01 Å². The minimum Gasteiger partial charge on any atom is -0.462 e. The van der Waals surface area contributed by atoms with Crippen molar-refractivity contribution < 1.29 is 14.3 Å². The maximum Gasteiger partial charge on any atom is 0.338 e. The number of nitrogens with zero attached hydrogens (tertiary/aromatic N) is 3. The van der Waals surface area contributed by atoms with E-state index in [-0.39, 0.29) is 11.9 Å². The number of benzene rings is 1. The summed E-state index contributed by atoms with van der Waals surface area (Å²) >= 11 is 0. The third kappa shape index (κ3) is 4.79. The van der Waals surface area contributed by atoms with Gasteiger partial charge in [-0.15, -0.1) is 5.11 Å². The molecule has 0 saturated heterocycles. The van der Waals surface area contributed by atoms with Gasteiger partial charge in [-0.05, 0) is 37.6 Å². The van der Waals surface area contributed by atoms with Crippen LogP contribution in [0.25, 0.3) is 0 Å². The van der Waals surface area contributed by atoms with Gasteiger partial charge in [-0.2, -0.15) is 0 Å². The molecule has 0 aromatic heterocycles. The molecular weight excluding hydrogens is 258 g/mol. The molecule has 0 aliphatic carbocycles. The Labute approximate surface area is 118 Å². The molecule has 6 nitrogen and oxygen atoms in total. The molecule has 0 aliphatic heterocycles. The van der Waals surface area contributed by atoms with Crippen molar-refractivity contribution in [1.82, 2.24) is 5.01 Å². The molecule has 0 spiro atoms. The molecule has 0 heterocycles. The summed E-state index contributed by atoms with van der Waals surface area (Å²) in [6, 6.07) is 6.52. The topological polar surface area (TPSA) is 71.3 Å². The Morgan fingerprint density at radius 3 is 2.40 bits per heavy atom. The van der Waals surface area contributed by atoms with Crippen molar-refractivity contribution in [3.63, 3.8) is 0 Å². The number of esters is 1. The summed E-state index contributed by atoms with van der Waals surface area (Å²) in [6.45, 7) is 4.02. The fourth-order valence-corrected chi connectivity index (χ4v) is 1.42. The summed E-state index contributed by atoms with van der Waals surface area (Å²) in [5.41, 5.74) is 1.02. The van der Waals surface area contributed by atoms with E-state index in [2.05, 4.69) is 10.3 Å². The zero-order valence-corrected chi connectivity index (χ0v) is 12.0. The second-order valence-electron chi connectivity index (χ2n) is 4.12. The van der Waals surface area contributed by atoms with E-state index < -0.39 is 0 Å². The van der Waals surface area contributed by atoms with Crippen molar-refractivity contribution in [3.8, 4) is 0 Å². The number of hydrogen-bond donors (Lipinski definition) is 0. The second kappa shape index (κ2) is 8.04. The Balaban J connectivity index is 2.65. The van der Waals surface area contributed by atoms with Gasteiger partial charge in [0.05, 0.1) is 17.9 Å². The number of hydrogen-bond acceptors (Lipinski definition) is 5. The summed E-state index contributed by atoms with van der Waals surface area (Å²) in [5.74, 6) is -0.453. The Morgan fingerprint density at radius 1 is 1.20 bits per heavy atom. The molecule has 1 aromatic rings. The first kappa shape index (κ1) is 15.8. The van der Waals surface area contributed by atoms with Crippen LogP contribution in [0.2, 0.25) is 0 Å². The van der Waals surface area contributed by atoms with E-state index in [4.69, 9.17) is 4.74 Å². The van der Waals surface area contributed by atoms with Crippen LogP contribution in [0.15, 0.2) is 34.6 Å². The molecule has 0 saturated carbocycles. The van der Waals surface area contributed by atoms with Crippen molar-refractivity contribution in [1.29, 1.82) is 0 Å². The number of carbonyl (C=O) groups excluding carboxylic acids is 2. The lowest BCUT2D eigenvalue weighted by molar-refractivity contribution is -0.130. The van der Waals surface area contributed by atoms with E-state index in [9.17, 15) is 9.59 Å². The molecule has 20 heavy (non-hydrogen) atoms. The third-order valence-electron chi connectivity index (χ3n) is 2.50. The molecule has 108 valence electrons. The average molecular weight is 277 g/mol. The molecule has 0 bridgehead atoms. The Morgan fingerprint density at radius 2 is 1.85 bits per heavy atom. The van der Waals surface area contributed by atoms with Gasteiger partial charge >= 0.3 is 5.97 Å². The zero-order chi connectivity index (χ0) is 15.0. The SMILES string of the molecule is CCCC(=O)N(C)N=Nc1ccc(C(=O)OCC)cc1. The van der Waals surface area contributed by atoms with Crippen molar-refractivity contribution in [2.75, 3.05) is 13.7 Å². The van der Waals surface area contributed by atoms with Gasteiger partial charge in [0, 0.05) is 13.5 Å². The third-order valence-corrected chi connectivity index (χ3v) is 2.50. The molecule has 0 aliphatic rings. The molecule has 0 fully saturated rings. The average Bonchev–Trinajstić information content (AvgIpc) is 2.45. The molecular formula is C14H19N3O3. The normalized spacial score (nSPS) is 10.6. The van der Waals surface area contributed by atoms with E-state index >= 15 is 0 Å². The van der Waals surface area contributed by atoms with Crippen molar-refractivity contribution in [2.24, 2.45) is 10.3 Å². The van der Waals surface area contributed by atoms with Gasteiger partial charge < -0.3 is 4.74 Å². The van der Waals surface area contributed by atoms with Crippen LogP contribution in [-0.2, 0) is 9.53 Å². The zero-order valence-electron chi connectivity index (χ0n) is 12.0. The van der Waals surface area contributed by atoms with Gasteiger partial charge in [-0.25, -0.2) is 9.80 Å². The van der Waals surface area contributed by atoms with Crippen LogP contribution in [-0.4, -0.2) is 30.5 Å². The maximum absolute atomic E-state index is 11.5. The lowest BCUT2D eigenvalue weighted by Gasteiger charge is -2.07. The number of amides is 1. The Bertz CT molecular complexity index is 483. The van der Waals surface area contributed by atoms with Crippen LogP contribution < -0.4 is 0 Å². The highest BCUT2D eigenvalue weighted by Gasteiger charge is 2.07. The van der Waals surface area contributed by atoms with Crippen molar-refractivity contribution in [3.05, 3.63) is 29.8 Å². The quantitative estimate of drug-likeness (QED) is 0.455. The predicted molar refractivity (Wildman–Crippen MR) is 74.6 cm³/mol. The summed E-state index contributed by atoms with van der Waals surface area (Å²) < 4.78 is 4.88. The van der Waals surface area contributed by atoms with Crippen LogP contribution in [0.5, 0.6) is 0 Å². The lowest BCUT2D eigenvalue weighted by Crippen LogP contribution is -2.19. The van der Waals surface area contributed by atoms with Gasteiger partial charge in [-0.1, -0.05) is 12.1 Å².